The zero-order valence-electron chi connectivity index (χ0n) is 6.12. The van der Waals surface area contributed by atoms with Crippen LogP contribution in [0.4, 0.5) is 4.39 Å². The number of aliphatic carboxylic acids is 1. The predicted molar refractivity (Wildman–Crippen MR) is 36.1 cm³/mol. The summed E-state index contributed by atoms with van der Waals surface area (Å²) in [7, 11) is 0. The van der Waals surface area contributed by atoms with Gasteiger partial charge in [0.1, 0.15) is 6.17 Å². The fourth-order valence-electron chi connectivity index (χ4n) is 1.15. The zero-order chi connectivity index (χ0) is 8.27. The number of rotatable bonds is 3. The van der Waals surface area contributed by atoms with Crippen LogP contribution >= 0.6 is 0 Å². The van der Waals surface area contributed by atoms with Crippen molar-refractivity contribution in [2.75, 3.05) is 13.2 Å². The lowest BCUT2D eigenvalue weighted by Gasteiger charge is -2.06. The topological polar surface area (TPSA) is 46.5 Å². The van der Waals surface area contributed by atoms with Gasteiger partial charge in [-0.25, -0.2) is 4.39 Å². The van der Waals surface area contributed by atoms with Gasteiger partial charge in [-0.2, -0.15) is 0 Å². The van der Waals surface area contributed by atoms with E-state index in [0.717, 1.165) is 0 Å². The quantitative estimate of drug-likeness (QED) is 0.668. The van der Waals surface area contributed by atoms with E-state index in [1.807, 2.05) is 0 Å². The molecule has 4 heteroatoms. The van der Waals surface area contributed by atoms with Gasteiger partial charge in [-0.15, -0.1) is 0 Å². The Hall–Kier alpha value is -0.640. The molecule has 0 saturated carbocycles. The molecule has 2 atom stereocenters. The summed E-state index contributed by atoms with van der Waals surface area (Å²) in [5.41, 5.74) is 0. The molecule has 0 radical (unpaired) electrons. The van der Waals surface area contributed by atoms with Crippen LogP contribution in [0.1, 0.15) is 12.8 Å². The van der Waals surface area contributed by atoms with Crippen molar-refractivity contribution >= 4 is 5.97 Å². The van der Waals surface area contributed by atoms with E-state index in [1.165, 1.54) is 0 Å². The van der Waals surface area contributed by atoms with E-state index >= 15 is 0 Å². The van der Waals surface area contributed by atoms with Crippen LogP contribution in [0.3, 0.4) is 0 Å². The van der Waals surface area contributed by atoms with Crippen LogP contribution in [-0.2, 0) is 9.53 Å². The normalized spacial score (nSPS) is 30.6. The molecule has 3 nitrogen and oxygen atoms in total. The maximum atomic E-state index is 12.7. The average molecular weight is 162 g/mol. The van der Waals surface area contributed by atoms with E-state index in [0.29, 0.717) is 13.0 Å². The first-order valence-corrected chi connectivity index (χ1v) is 3.63. The number of carboxylic acid groups (broad SMARTS) is 1. The van der Waals surface area contributed by atoms with Gasteiger partial charge in [0, 0.05) is 12.3 Å². The summed E-state index contributed by atoms with van der Waals surface area (Å²) < 4.78 is 17.6. The van der Waals surface area contributed by atoms with Crippen LogP contribution in [0.2, 0.25) is 0 Å². The minimum absolute atomic E-state index is 0.0362. The molecule has 1 fully saturated rings. The Kier molecular flexibility index (Phi) is 2.82. The summed E-state index contributed by atoms with van der Waals surface area (Å²) >= 11 is 0. The number of hydrogen-bond donors (Lipinski definition) is 1. The number of alkyl halides is 1. The van der Waals surface area contributed by atoms with E-state index in [1.54, 1.807) is 0 Å². The van der Waals surface area contributed by atoms with Gasteiger partial charge in [0.25, 0.3) is 0 Å². The van der Waals surface area contributed by atoms with Gasteiger partial charge in [0.15, 0.2) is 0 Å². The molecule has 0 aromatic heterocycles. The highest BCUT2D eigenvalue weighted by atomic mass is 19.1. The average Bonchev–Trinajstić information content (AvgIpc) is 2.31. The lowest BCUT2D eigenvalue weighted by atomic mass is 10.0. The van der Waals surface area contributed by atoms with E-state index in [-0.39, 0.29) is 18.9 Å². The highest BCUT2D eigenvalue weighted by Gasteiger charge is 2.27. The highest BCUT2D eigenvalue weighted by molar-refractivity contribution is 5.66. The first kappa shape index (κ1) is 8.46. The van der Waals surface area contributed by atoms with Crippen LogP contribution in [0, 0.1) is 5.92 Å². The summed E-state index contributed by atoms with van der Waals surface area (Å²) in [6, 6.07) is 0. The van der Waals surface area contributed by atoms with Crippen molar-refractivity contribution < 1.29 is 19.0 Å². The Morgan fingerprint density at radius 3 is 2.82 bits per heavy atom. The SMILES string of the molecule is O=C(O)CC[C@H]1COC[C@H]1F. The van der Waals surface area contributed by atoms with Crippen LogP contribution in [-0.4, -0.2) is 30.5 Å². The minimum atomic E-state index is -0.964. The lowest BCUT2D eigenvalue weighted by molar-refractivity contribution is -0.137. The molecular weight excluding hydrogens is 151 g/mol. The minimum Gasteiger partial charge on any atom is -0.481 e. The lowest BCUT2D eigenvalue weighted by Crippen LogP contribution is -2.14. The highest BCUT2D eigenvalue weighted by Crippen LogP contribution is 2.21. The molecular formula is C7H11FO3. The molecule has 0 aromatic rings. The van der Waals surface area contributed by atoms with E-state index < -0.39 is 12.1 Å². The summed E-state index contributed by atoms with van der Waals surface area (Å²) in [6.07, 6.45) is -0.542. The predicted octanol–water partition coefficient (Wildman–Crippen LogP) is 0.836. The fourth-order valence-corrected chi connectivity index (χ4v) is 1.15. The Morgan fingerprint density at radius 2 is 2.36 bits per heavy atom. The molecule has 0 aromatic carbocycles. The molecule has 0 amide bonds. The van der Waals surface area contributed by atoms with Crippen molar-refractivity contribution in [1.82, 2.24) is 0 Å². The maximum absolute atomic E-state index is 12.7. The van der Waals surface area contributed by atoms with E-state index in [2.05, 4.69) is 0 Å². The summed E-state index contributed by atoms with van der Waals surface area (Å²) in [6.45, 7) is 0.499. The number of carbonyl (C=O) groups is 1. The second-order valence-electron chi connectivity index (χ2n) is 2.75. The van der Waals surface area contributed by atoms with E-state index in [9.17, 15) is 9.18 Å². The third-order valence-electron chi connectivity index (χ3n) is 1.85. The van der Waals surface area contributed by atoms with Crippen LogP contribution in [0.15, 0.2) is 0 Å². The third kappa shape index (κ3) is 2.46. The summed E-state index contributed by atoms with van der Waals surface area (Å²) in [5.74, 6) is -1.07. The van der Waals surface area contributed by atoms with Crippen LogP contribution in [0.25, 0.3) is 0 Å². The molecule has 1 aliphatic rings. The Bertz CT molecular complexity index is 149. The maximum Gasteiger partial charge on any atom is 0.303 e. The van der Waals surface area contributed by atoms with Gasteiger partial charge in [0.05, 0.1) is 13.2 Å². The zero-order valence-corrected chi connectivity index (χ0v) is 6.12. The Labute approximate surface area is 64.2 Å². The van der Waals surface area contributed by atoms with Crippen molar-refractivity contribution in [1.29, 1.82) is 0 Å². The molecule has 11 heavy (non-hydrogen) atoms. The largest absolute Gasteiger partial charge is 0.481 e. The molecule has 0 unspecified atom stereocenters. The van der Waals surface area contributed by atoms with Crippen molar-refractivity contribution in [3.63, 3.8) is 0 Å². The molecule has 0 spiro atoms. The molecule has 1 aliphatic heterocycles. The van der Waals surface area contributed by atoms with Crippen molar-refractivity contribution in [3.05, 3.63) is 0 Å². The van der Waals surface area contributed by atoms with Crippen molar-refractivity contribution in [2.45, 2.75) is 19.0 Å². The smallest absolute Gasteiger partial charge is 0.303 e. The second kappa shape index (κ2) is 3.67. The van der Waals surface area contributed by atoms with E-state index in [4.69, 9.17) is 9.84 Å². The van der Waals surface area contributed by atoms with Crippen molar-refractivity contribution in [2.24, 2.45) is 5.92 Å². The first-order chi connectivity index (χ1) is 5.20. The van der Waals surface area contributed by atoms with Gasteiger partial charge in [0.2, 0.25) is 0 Å². The summed E-state index contributed by atoms with van der Waals surface area (Å²) in [5, 5.41) is 8.30. The molecule has 1 rings (SSSR count). The molecule has 1 saturated heterocycles. The van der Waals surface area contributed by atoms with Gasteiger partial charge in [-0.05, 0) is 6.42 Å². The van der Waals surface area contributed by atoms with Gasteiger partial charge < -0.3 is 9.84 Å². The van der Waals surface area contributed by atoms with Gasteiger partial charge in [-0.3, -0.25) is 4.79 Å². The second-order valence-corrected chi connectivity index (χ2v) is 2.75. The Balaban J connectivity index is 2.20. The first-order valence-electron chi connectivity index (χ1n) is 3.63. The number of carboxylic acids is 1. The molecule has 0 bridgehead atoms. The number of hydrogen-bond acceptors (Lipinski definition) is 2. The molecule has 0 aliphatic carbocycles. The molecule has 1 N–H and O–H groups in total. The summed E-state index contributed by atoms with van der Waals surface area (Å²) in [4.78, 5) is 10.1. The van der Waals surface area contributed by atoms with Crippen LogP contribution < -0.4 is 0 Å². The van der Waals surface area contributed by atoms with Gasteiger partial charge in [-0.1, -0.05) is 0 Å². The molecule has 64 valence electrons. The van der Waals surface area contributed by atoms with Gasteiger partial charge >= 0.3 is 5.97 Å². The number of ether oxygens (including phenoxy) is 1. The Morgan fingerprint density at radius 1 is 1.64 bits per heavy atom. The standard InChI is InChI=1S/C7H11FO3/c8-6-4-11-3-5(6)1-2-7(9)10/h5-6H,1-4H2,(H,9,10)/t5-,6+/m0/s1. The fraction of sp³-hybridized carbons (Fsp3) is 0.857. The van der Waals surface area contributed by atoms with Crippen molar-refractivity contribution in [3.8, 4) is 0 Å². The number of halogens is 1. The monoisotopic (exact) mass is 162 g/mol. The van der Waals surface area contributed by atoms with Crippen LogP contribution in [0.5, 0.6) is 0 Å². The molecule has 1 heterocycles. The third-order valence-corrected chi connectivity index (χ3v) is 1.85.